The summed E-state index contributed by atoms with van der Waals surface area (Å²) < 4.78 is 1.59. The van der Waals surface area contributed by atoms with Crippen molar-refractivity contribution >= 4 is 34.2 Å². The predicted molar refractivity (Wildman–Crippen MR) is 142 cm³/mol. The Labute approximate surface area is 210 Å². The fraction of sp³-hybridized carbons (Fsp3) is 0.250. The molecule has 0 radical (unpaired) electrons. The lowest BCUT2D eigenvalue weighted by molar-refractivity contribution is 0.180. The fourth-order valence-electron chi connectivity index (χ4n) is 4.22. The van der Waals surface area contributed by atoms with Gasteiger partial charge in [0, 0.05) is 17.3 Å². The number of rotatable bonds is 8. The highest BCUT2D eigenvalue weighted by Gasteiger charge is 2.29. The van der Waals surface area contributed by atoms with Gasteiger partial charge in [0.05, 0.1) is 22.6 Å². The molecule has 35 heavy (non-hydrogen) atoms. The van der Waals surface area contributed by atoms with Crippen molar-refractivity contribution in [2.24, 2.45) is 0 Å². The van der Waals surface area contributed by atoms with Gasteiger partial charge in [-0.25, -0.2) is 9.78 Å². The Morgan fingerprint density at radius 3 is 2.49 bits per heavy atom. The third-order valence-electron chi connectivity index (χ3n) is 5.97. The molecule has 1 aromatic heterocycles. The summed E-state index contributed by atoms with van der Waals surface area (Å²) in [7, 11) is 0. The van der Waals surface area contributed by atoms with Crippen LogP contribution in [0.15, 0.2) is 83.7 Å². The second-order valence-electron chi connectivity index (χ2n) is 8.37. The molecule has 4 aromatic rings. The first kappa shape index (κ1) is 24.5. The number of aromatic nitrogens is 2. The van der Waals surface area contributed by atoms with Crippen LogP contribution in [0, 0.1) is 0 Å². The van der Waals surface area contributed by atoms with Crippen LogP contribution in [-0.2, 0) is 0 Å². The highest BCUT2D eigenvalue weighted by Crippen LogP contribution is 2.28. The van der Waals surface area contributed by atoms with E-state index in [2.05, 4.69) is 12.2 Å². The maximum atomic E-state index is 13.7. The van der Waals surface area contributed by atoms with E-state index in [0.29, 0.717) is 46.1 Å². The minimum atomic E-state index is -0.429. The van der Waals surface area contributed by atoms with E-state index in [1.807, 2.05) is 61.5 Å². The quantitative estimate of drug-likeness (QED) is 0.295. The number of halogens is 1. The predicted octanol–water partition coefficient (Wildman–Crippen LogP) is 6.82. The van der Waals surface area contributed by atoms with E-state index in [9.17, 15) is 9.59 Å². The molecule has 0 fully saturated rings. The van der Waals surface area contributed by atoms with Crippen molar-refractivity contribution < 1.29 is 4.79 Å². The zero-order valence-electron chi connectivity index (χ0n) is 19.9. The lowest BCUT2D eigenvalue weighted by Gasteiger charge is -2.32. The molecule has 7 heteroatoms. The molecule has 1 N–H and O–H groups in total. The van der Waals surface area contributed by atoms with Gasteiger partial charge in [-0.2, -0.15) is 0 Å². The summed E-state index contributed by atoms with van der Waals surface area (Å²) in [6, 6.07) is 23.2. The number of fused-ring (bicyclic) bond motifs is 1. The van der Waals surface area contributed by atoms with Crippen molar-refractivity contribution in [3.05, 3.63) is 100 Å². The number of carbonyl (C=O) groups is 1. The van der Waals surface area contributed by atoms with E-state index in [4.69, 9.17) is 16.6 Å². The zero-order chi connectivity index (χ0) is 24.8. The topological polar surface area (TPSA) is 67.2 Å². The van der Waals surface area contributed by atoms with E-state index >= 15 is 0 Å². The largest absolute Gasteiger partial charge is 0.322 e. The molecule has 0 aliphatic heterocycles. The minimum absolute atomic E-state index is 0.190. The Kier molecular flexibility index (Phi) is 7.83. The lowest BCUT2D eigenvalue weighted by Crippen LogP contribution is -2.41. The van der Waals surface area contributed by atoms with E-state index < -0.39 is 6.04 Å². The minimum Gasteiger partial charge on any atom is -0.314 e. The molecule has 2 amide bonds. The molecule has 0 saturated heterocycles. The second kappa shape index (κ2) is 11.2. The monoisotopic (exact) mass is 488 g/mol. The second-order valence-corrected chi connectivity index (χ2v) is 8.81. The molecule has 180 valence electrons. The number of anilines is 1. The Morgan fingerprint density at radius 1 is 1.03 bits per heavy atom. The molecule has 0 saturated carbocycles. The molecular formula is C28H29ClN4O2. The van der Waals surface area contributed by atoms with Gasteiger partial charge in [-0.15, -0.1) is 0 Å². The van der Waals surface area contributed by atoms with Crippen molar-refractivity contribution in [1.29, 1.82) is 0 Å². The summed E-state index contributed by atoms with van der Waals surface area (Å²) in [5, 5.41) is 4.04. The molecule has 1 heterocycles. The van der Waals surface area contributed by atoms with Crippen molar-refractivity contribution in [1.82, 2.24) is 14.5 Å². The number of hydrogen-bond donors (Lipinski definition) is 1. The maximum absolute atomic E-state index is 13.7. The number of nitrogens with zero attached hydrogens (tertiary/aromatic N) is 3. The van der Waals surface area contributed by atoms with Gasteiger partial charge in [-0.1, -0.05) is 68.3 Å². The third kappa shape index (κ3) is 5.38. The highest BCUT2D eigenvalue weighted by atomic mass is 35.5. The summed E-state index contributed by atoms with van der Waals surface area (Å²) in [5.74, 6) is 0.512. The van der Waals surface area contributed by atoms with Gasteiger partial charge >= 0.3 is 6.03 Å². The Balaban J connectivity index is 1.88. The van der Waals surface area contributed by atoms with Crippen LogP contribution < -0.4 is 10.9 Å². The summed E-state index contributed by atoms with van der Waals surface area (Å²) in [4.78, 5) is 34.0. The van der Waals surface area contributed by atoms with Gasteiger partial charge in [-0.05, 0) is 55.3 Å². The first-order valence-electron chi connectivity index (χ1n) is 11.9. The van der Waals surface area contributed by atoms with Crippen LogP contribution in [0.4, 0.5) is 10.5 Å². The number of benzene rings is 3. The van der Waals surface area contributed by atoms with Crippen LogP contribution in [0.5, 0.6) is 0 Å². The smallest absolute Gasteiger partial charge is 0.314 e. The molecule has 1 atom stereocenters. The Hall–Kier alpha value is -3.64. The van der Waals surface area contributed by atoms with Gasteiger partial charge < -0.3 is 10.2 Å². The van der Waals surface area contributed by atoms with E-state index in [0.717, 1.165) is 12.8 Å². The number of hydrogen-bond acceptors (Lipinski definition) is 3. The number of amides is 2. The van der Waals surface area contributed by atoms with E-state index in [-0.39, 0.29) is 11.6 Å². The summed E-state index contributed by atoms with van der Waals surface area (Å²) in [6.45, 7) is 4.62. The molecule has 0 bridgehead atoms. The van der Waals surface area contributed by atoms with Crippen molar-refractivity contribution in [2.75, 3.05) is 11.9 Å². The van der Waals surface area contributed by atoms with Crippen LogP contribution in [0.2, 0.25) is 5.02 Å². The van der Waals surface area contributed by atoms with Gasteiger partial charge in [0.15, 0.2) is 0 Å². The van der Waals surface area contributed by atoms with Gasteiger partial charge in [0.2, 0.25) is 0 Å². The summed E-state index contributed by atoms with van der Waals surface area (Å²) >= 11 is 6.29. The molecule has 0 spiro atoms. The number of carbonyl (C=O) groups excluding carboxylic acids is 1. The zero-order valence-corrected chi connectivity index (χ0v) is 20.7. The van der Waals surface area contributed by atoms with Gasteiger partial charge in [0.25, 0.3) is 5.56 Å². The highest BCUT2D eigenvalue weighted by molar-refractivity contribution is 6.30. The summed E-state index contributed by atoms with van der Waals surface area (Å²) in [6.07, 6.45) is 2.34. The van der Waals surface area contributed by atoms with Crippen LogP contribution in [0.25, 0.3) is 16.6 Å². The van der Waals surface area contributed by atoms with E-state index in [1.165, 1.54) is 0 Å². The molecule has 0 aliphatic carbocycles. The van der Waals surface area contributed by atoms with Crippen molar-refractivity contribution in [3.8, 4) is 5.69 Å². The number of para-hydroxylation sites is 2. The van der Waals surface area contributed by atoms with Crippen LogP contribution >= 0.6 is 11.6 Å². The van der Waals surface area contributed by atoms with Crippen LogP contribution in [0.3, 0.4) is 0 Å². The maximum Gasteiger partial charge on any atom is 0.322 e. The van der Waals surface area contributed by atoms with Gasteiger partial charge in [0.1, 0.15) is 5.82 Å². The Morgan fingerprint density at radius 2 is 1.77 bits per heavy atom. The molecule has 4 rings (SSSR count). The van der Waals surface area contributed by atoms with Crippen molar-refractivity contribution in [3.63, 3.8) is 0 Å². The van der Waals surface area contributed by atoms with Crippen LogP contribution in [-0.4, -0.2) is 27.0 Å². The van der Waals surface area contributed by atoms with Crippen LogP contribution in [0.1, 0.15) is 45.0 Å². The third-order valence-corrected chi connectivity index (χ3v) is 6.20. The molecule has 0 aliphatic rings. The summed E-state index contributed by atoms with van der Waals surface area (Å²) in [5.41, 5.74) is 1.74. The number of unbranched alkanes of at least 4 members (excludes halogenated alkanes) is 1. The standard InChI is InChI=1S/C28H29ClN4O2/c1-3-5-18-32(28(35)30-21-13-7-6-8-14-21)25(4-2)26-31-24-17-10-9-16-23(24)27(34)33(26)22-15-11-12-20(29)19-22/h6-17,19,25H,3-5,18H2,1-2H3,(H,30,35). The average Bonchev–Trinajstić information content (AvgIpc) is 2.87. The first-order chi connectivity index (χ1) is 17.0. The molecule has 3 aromatic carbocycles. The number of urea groups is 1. The molecule has 6 nitrogen and oxygen atoms in total. The first-order valence-corrected chi connectivity index (χ1v) is 12.3. The van der Waals surface area contributed by atoms with Crippen molar-refractivity contribution in [2.45, 2.75) is 39.2 Å². The lowest BCUT2D eigenvalue weighted by atomic mass is 10.1. The Bertz CT molecular complexity index is 1370. The molecular weight excluding hydrogens is 460 g/mol. The van der Waals surface area contributed by atoms with Gasteiger partial charge in [-0.3, -0.25) is 9.36 Å². The number of nitrogens with one attached hydrogen (secondary N) is 1. The fourth-order valence-corrected chi connectivity index (χ4v) is 4.41. The van der Waals surface area contributed by atoms with E-state index in [1.54, 1.807) is 33.7 Å². The normalized spacial score (nSPS) is 11.9. The average molecular weight is 489 g/mol. The SMILES string of the molecule is CCCCN(C(=O)Nc1ccccc1)C(CC)c1nc2ccccc2c(=O)n1-c1cccc(Cl)c1. The molecule has 1 unspecified atom stereocenters.